The Balaban J connectivity index is 1.67. The summed E-state index contributed by atoms with van der Waals surface area (Å²) in [6, 6.07) is 11.4. The highest BCUT2D eigenvalue weighted by Gasteiger charge is 2.36. The van der Waals surface area contributed by atoms with Gasteiger partial charge in [0.25, 0.3) is 12.3 Å². The number of rotatable bonds is 4. The largest absolute Gasteiger partial charge is 0.363 e. The average molecular weight is 431 g/mol. The van der Waals surface area contributed by atoms with Crippen molar-refractivity contribution < 1.29 is 13.6 Å². The zero-order chi connectivity index (χ0) is 21.4. The fourth-order valence-electron chi connectivity index (χ4n) is 3.64. The minimum Gasteiger partial charge on any atom is -0.363 e. The number of aryl methyl sites for hydroxylation is 2. The van der Waals surface area contributed by atoms with E-state index in [2.05, 4.69) is 15.7 Å². The molecule has 2 N–H and O–H groups in total. The number of nitrogens with zero attached hydrogens (tertiary/aromatic N) is 2. The minimum absolute atomic E-state index is 0.171. The monoisotopic (exact) mass is 430 g/mol. The van der Waals surface area contributed by atoms with Gasteiger partial charge in [-0.25, -0.2) is 13.5 Å². The number of aromatic nitrogens is 2. The molecule has 2 aromatic carbocycles. The van der Waals surface area contributed by atoms with Crippen LogP contribution in [0, 0.1) is 13.8 Å². The first kappa shape index (κ1) is 20.3. The number of hydrogen-bond acceptors (Lipinski definition) is 3. The summed E-state index contributed by atoms with van der Waals surface area (Å²) in [6.45, 7) is 3.81. The lowest BCUT2D eigenvalue weighted by Crippen LogP contribution is -2.31. The van der Waals surface area contributed by atoms with E-state index in [0.29, 0.717) is 10.7 Å². The lowest BCUT2D eigenvalue weighted by molar-refractivity contribution is 0.0657. The van der Waals surface area contributed by atoms with Crippen LogP contribution in [0.3, 0.4) is 0 Å². The summed E-state index contributed by atoms with van der Waals surface area (Å²) < 4.78 is 28.8. The number of carbonyl (C=O) groups is 1. The van der Waals surface area contributed by atoms with Crippen LogP contribution in [-0.2, 0) is 0 Å². The van der Waals surface area contributed by atoms with E-state index in [1.54, 1.807) is 18.2 Å². The molecule has 8 heteroatoms. The van der Waals surface area contributed by atoms with Crippen LogP contribution in [0.5, 0.6) is 0 Å². The van der Waals surface area contributed by atoms with Gasteiger partial charge in [0, 0.05) is 10.7 Å². The first-order valence-corrected chi connectivity index (χ1v) is 9.97. The molecule has 0 aliphatic carbocycles. The van der Waals surface area contributed by atoms with Crippen molar-refractivity contribution in [3.63, 3.8) is 0 Å². The molecule has 5 nitrogen and oxygen atoms in total. The van der Waals surface area contributed by atoms with Gasteiger partial charge in [0.15, 0.2) is 0 Å². The molecular weight excluding hydrogens is 410 g/mol. The fourth-order valence-corrected chi connectivity index (χ4v) is 3.81. The fraction of sp³-hybridized carbons (Fsp3) is 0.273. The van der Waals surface area contributed by atoms with E-state index in [4.69, 9.17) is 11.6 Å². The Morgan fingerprint density at radius 3 is 2.67 bits per heavy atom. The van der Waals surface area contributed by atoms with Gasteiger partial charge in [0.05, 0.1) is 12.2 Å². The molecule has 2 atom stereocenters. The summed E-state index contributed by atoms with van der Waals surface area (Å²) >= 11 is 6.03. The maximum Gasteiger partial charge on any atom is 0.261 e. The Morgan fingerprint density at radius 2 is 1.97 bits per heavy atom. The highest BCUT2D eigenvalue weighted by Crippen LogP contribution is 2.39. The number of amides is 1. The molecule has 0 fully saturated rings. The molecule has 2 heterocycles. The molecule has 4 rings (SSSR count). The van der Waals surface area contributed by atoms with Gasteiger partial charge >= 0.3 is 0 Å². The number of carbonyl (C=O) groups excluding carboxylic acids is 1. The number of halogens is 3. The Kier molecular flexibility index (Phi) is 5.47. The number of hydrogen-bond donors (Lipinski definition) is 2. The molecule has 156 valence electrons. The van der Waals surface area contributed by atoms with Gasteiger partial charge in [-0.05, 0) is 43.5 Å². The van der Waals surface area contributed by atoms with E-state index in [1.165, 1.54) is 10.9 Å². The molecule has 0 unspecified atom stereocenters. The van der Waals surface area contributed by atoms with E-state index in [1.807, 2.05) is 38.1 Å². The lowest BCUT2D eigenvalue weighted by atomic mass is 9.96. The van der Waals surface area contributed by atoms with Crippen molar-refractivity contribution in [2.45, 2.75) is 38.8 Å². The Labute approximate surface area is 178 Å². The topological polar surface area (TPSA) is 59.0 Å². The van der Waals surface area contributed by atoms with E-state index < -0.39 is 18.4 Å². The van der Waals surface area contributed by atoms with Crippen LogP contribution in [0.4, 0.5) is 20.3 Å². The van der Waals surface area contributed by atoms with E-state index >= 15 is 0 Å². The zero-order valence-electron chi connectivity index (χ0n) is 16.5. The molecule has 1 aliphatic rings. The molecule has 0 saturated carbocycles. The van der Waals surface area contributed by atoms with Crippen LogP contribution < -0.4 is 10.6 Å². The summed E-state index contributed by atoms with van der Waals surface area (Å²) in [7, 11) is 0. The number of nitrogens with one attached hydrogen (secondary N) is 2. The normalized spacial score (nSPS) is 18.1. The number of benzene rings is 2. The SMILES string of the molecule is Cc1ccc([C@@H]2C[C@@H](C(F)F)n3ncc(C(=O)Nc4cc(Cl)ccc4C)c3N2)cc1. The van der Waals surface area contributed by atoms with Gasteiger partial charge < -0.3 is 10.6 Å². The second kappa shape index (κ2) is 8.07. The molecule has 0 saturated heterocycles. The first-order valence-electron chi connectivity index (χ1n) is 9.59. The van der Waals surface area contributed by atoms with Crippen molar-refractivity contribution >= 4 is 29.0 Å². The van der Waals surface area contributed by atoms with Crippen LogP contribution in [0.2, 0.25) is 5.02 Å². The van der Waals surface area contributed by atoms with Crippen LogP contribution in [0.1, 0.15) is 45.6 Å². The summed E-state index contributed by atoms with van der Waals surface area (Å²) in [5.74, 6) is -0.152. The first-order chi connectivity index (χ1) is 14.3. The average Bonchev–Trinajstić information content (AvgIpc) is 3.14. The van der Waals surface area contributed by atoms with E-state index in [9.17, 15) is 13.6 Å². The maximum absolute atomic E-state index is 13.8. The molecule has 0 bridgehead atoms. The third-order valence-electron chi connectivity index (χ3n) is 5.36. The van der Waals surface area contributed by atoms with Gasteiger partial charge in [0.1, 0.15) is 17.4 Å². The second-order valence-corrected chi connectivity index (χ2v) is 7.95. The van der Waals surface area contributed by atoms with Crippen molar-refractivity contribution in [2.24, 2.45) is 0 Å². The summed E-state index contributed by atoms with van der Waals surface area (Å²) in [5, 5.41) is 10.6. The van der Waals surface area contributed by atoms with Crippen molar-refractivity contribution in [1.82, 2.24) is 9.78 Å². The van der Waals surface area contributed by atoms with E-state index in [0.717, 1.165) is 16.7 Å². The molecule has 1 aromatic heterocycles. The smallest absolute Gasteiger partial charge is 0.261 e. The van der Waals surface area contributed by atoms with Crippen LogP contribution >= 0.6 is 11.6 Å². The molecule has 1 aliphatic heterocycles. The predicted octanol–water partition coefficient (Wildman–Crippen LogP) is 5.77. The Bertz CT molecular complexity index is 1080. The van der Waals surface area contributed by atoms with Crippen molar-refractivity contribution in [1.29, 1.82) is 0 Å². The highest BCUT2D eigenvalue weighted by atomic mass is 35.5. The summed E-state index contributed by atoms with van der Waals surface area (Å²) in [4.78, 5) is 12.9. The number of alkyl halides is 2. The van der Waals surface area contributed by atoms with Crippen LogP contribution in [0.25, 0.3) is 0 Å². The van der Waals surface area contributed by atoms with Gasteiger partial charge in [-0.15, -0.1) is 0 Å². The van der Waals surface area contributed by atoms with Crippen molar-refractivity contribution in [2.75, 3.05) is 10.6 Å². The van der Waals surface area contributed by atoms with Crippen LogP contribution in [0.15, 0.2) is 48.7 Å². The Morgan fingerprint density at radius 1 is 1.23 bits per heavy atom. The molecule has 0 spiro atoms. The van der Waals surface area contributed by atoms with Gasteiger partial charge in [-0.3, -0.25) is 4.79 Å². The van der Waals surface area contributed by atoms with Crippen molar-refractivity contribution in [3.8, 4) is 0 Å². The zero-order valence-corrected chi connectivity index (χ0v) is 17.3. The second-order valence-electron chi connectivity index (χ2n) is 7.51. The molecule has 1 amide bonds. The quantitative estimate of drug-likeness (QED) is 0.552. The third-order valence-corrected chi connectivity index (χ3v) is 5.60. The molecular formula is C22H21ClF2N4O. The highest BCUT2D eigenvalue weighted by molar-refractivity contribution is 6.31. The van der Waals surface area contributed by atoms with Gasteiger partial charge in [-0.1, -0.05) is 47.5 Å². The molecule has 30 heavy (non-hydrogen) atoms. The summed E-state index contributed by atoms with van der Waals surface area (Å²) in [6.07, 6.45) is -1.11. The molecule has 0 radical (unpaired) electrons. The lowest BCUT2D eigenvalue weighted by Gasteiger charge is -2.32. The van der Waals surface area contributed by atoms with Crippen LogP contribution in [-0.4, -0.2) is 22.1 Å². The van der Waals surface area contributed by atoms with Gasteiger partial charge in [0.2, 0.25) is 0 Å². The predicted molar refractivity (Wildman–Crippen MR) is 114 cm³/mol. The number of anilines is 2. The standard InChI is InChI=1S/C22H21ClF2N4O/c1-12-3-6-14(7-4-12)18-10-19(20(24)25)29-21(27-18)16(11-26-29)22(30)28-17-9-15(23)8-5-13(17)2/h3-9,11,18-20,27H,10H2,1-2H3,(H,28,30)/t18-,19-/m0/s1. The molecule has 3 aromatic rings. The van der Waals surface area contributed by atoms with Gasteiger partial charge in [-0.2, -0.15) is 5.10 Å². The minimum atomic E-state index is -2.61. The Hall–Kier alpha value is -2.93. The maximum atomic E-state index is 13.8. The summed E-state index contributed by atoms with van der Waals surface area (Å²) in [5.41, 5.74) is 3.57. The van der Waals surface area contributed by atoms with E-state index in [-0.39, 0.29) is 23.8 Å². The third kappa shape index (κ3) is 3.89. The number of fused-ring (bicyclic) bond motifs is 1. The van der Waals surface area contributed by atoms with Crippen molar-refractivity contribution in [3.05, 3.63) is 75.9 Å².